The normalized spacial score (nSPS) is 17.0. The van der Waals surface area contributed by atoms with Crippen LogP contribution >= 0.6 is 24.0 Å². The highest BCUT2D eigenvalue weighted by molar-refractivity contribution is 6.30. The minimum Gasteiger partial charge on any atom is -0.351 e. The summed E-state index contributed by atoms with van der Waals surface area (Å²) in [5, 5.41) is 14.5. The van der Waals surface area contributed by atoms with E-state index in [1.807, 2.05) is 0 Å². The topological polar surface area (TPSA) is 94.0 Å². The Morgan fingerprint density at radius 1 is 1.55 bits per heavy atom. The molecule has 0 aliphatic carbocycles. The van der Waals surface area contributed by atoms with E-state index in [9.17, 15) is 4.79 Å². The maximum absolute atomic E-state index is 12.0. The lowest BCUT2D eigenvalue weighted by atomic mass is 10.1. The fraction of sp³-hybridized carbons (Fsp3) is 0.333. The van der Waals surface area contributed by atoms with Crippen LogP contribution in [0.4, 0.5) is 0 Å². The van der Waals surface area contributed by atoms with E-state index < -0.39 is 0 Å². The van der Waals surface area contributed by atoms with Gasteiger partial charge in [0, 0.05) is 11.6 Å². The molecule has 8 nitrogen and oxygen atoms in total. The van der Waals surface area contributed by atoms with Crippen molar-refractivity contribution in [2.75, 3.05) is 6.61 Å². The van der Waals surface area contributed by atoms with Crippen LogP contribution in [0, 0.1) is 0 Å². The van der Waals surface area contributed by atoms with Crippen molar-refractivity contribution in [2.24, 2.45) is 0 Å². The Morgan fingerprint density at radius 3 is 3.09 bits per heavy atom. The number of hydroxylamine groups is 1. The first kappa shape index (κ1) is 16.6. The molecule has 1 atom stereocenters. The average molecular weight is 345 g/mol. The Labute approximate surface area is 137 Å². The lowest BCUT2D eigenvalue weighted by molar-refractivity contribution is -0.124. The molecule has 0 spiro atoms. The molecular formula is C12H14Cl2N6O2. The van der Waals surface area contributed by atoms with Crippen molar-refractivity contribution in [1.29, 1.82) is 0 Å². The van der Waals surface area contributed by atoms with Gasteiger partial charge in [-0.3, -0.25) is 4.79 Å². The number of nitrogens with one attached hydrogen (secondary N) is 2. The van der Waals surface area contributed by atoms with E-state index in [0.717, 1.165) is 11.3 Å². The minimum atomic E-state index is -0.319. The lowest BCUT2D eigenvalue weighted by Crippen LogP contribution is -2.39. The number of halogens is 2. The Morgan fingerprint density at radius 2 is 2.41 bits per heavy atom. The van der Waals surface area contributed by atoms with Crippen molar-refractivity contribution in [1.82, 2.24) is 31.0 Å². The van der Waals surface area contributed by atoms with E-state index in [2.05, 4.69) is 26.3 Å². The van der Waals surface area contributed by atoms with Crippen LogP contribution < -0.4 is 10.8 Å². The third-order valence-corrected chi connectivity index (χ3v) is 3.38. The quantitative estimate of drug-likeness (QED) is 0.845. The minimum absolute atomic E-state index is 0. The summed E-state index contributed by atoms with van der Waals surface area (Å²) < 4.78 is 1.52. The second-order valence-corrected chi connectivity index (χ2v) is 4.99. The fourth-order valence-electron chi connectivity index (χ4n) is 2.08. The molecule has 0 bridgehead atoms. The molecule has 2 heterocycles. The molecule has 1 aliphatic heterocycles. The van der Waals surface area contributed by atoms with Gasteiger partial charge in [-0.1, -0.05) is 11.6 Å². The molecule has 1 saturated heterocycles. The van der Waals surface area contributed by atoms with Gasteiger partial charge in [-0.25, -0.2) is 4.68 Å². The first-order valence-electron chi connectivity index (χ1n) is 6.41. The van der Waals surface area contributed by atoms with Crippen molar-refractivity contribution in [3.05, 3.63) is 35.1 Å². The monoisotopic (exact) mass is 344 g/mol. The van der Waals surface area contributed by atoms with Gasteiger partial charge in [-0.15, -0.1) is 17.5 Å². The lowest BCUT2D eigenvalue weighted by Gasteiger charge is -2.12. The molecule has 2 N–H and O–H groups in total. The van der Waals surface area contributed by atoms with Gasteiger partial charge < -0.3 is 10.2 Å². The molecule has 0 radical (unpaired) electrons. The van der Waals surface area contributed by atoms with Gasteiger partial charge in [0.2, 0.25) is 5.91 Å². The van der Waals surface area contributed by atoms with E-state index in [1.165, 1.54) is 11.0 Å². The summed E-state index contributed by atoms with van der Waals surface area (Å²) in [5.74, 6) is -0.116. The first-order valence-corrected chi connectivity index (χ1v) is 6.78. The standard InChI is InChI=1S/C12H13ClN6O2.ClH/c13-9-1-2-11(19-7-15-17-18-19)8(5-9)6-14-12(20)10-3-4-21-16-10;/h1-2,5,7,10,16H,3-4,6H2,(H,14,20);1H/t10-;/m0./s1. The van der Waals surface area contributed by atoms with Gasteiger partial charge in [-0.05, 0) is 40.6 Å². The predicted molar refractivity (Wildman–Crippen MR) is 80.8 cm³/mol. The van der Waals surface area contributed by atoms with Gasteiger partial charge in [0.25, 0.3) is 0 Å². The number of rotatable bonds is 4. The van der Waals surface area contributed by atoms with Crippen LogP contribution in [0.25, 0.3) is 5.69 Å². The molecule has 0 saturated carbocycles. The maximum Gasteiger partial charge on any atom is 0.239 e. The number of carbonyl (C=O) groups excluding carboxylic acids is 1. The Bertz CT molecular complexity index is 631. The highest BCUT2D eigenvalue weighted by atomic mass is 35.5. The van der Waals surface area contributed by atoms with Crippen LogP contribution in [0.1, 0.15) is 12.0 Å². The van der Waals surface area contributed by atoms with E-state index >= 15 is 0 Å². The van der Waals surface area contributed by atoms with E-state index in [1.54, 1.807) is 18.2 Å². The van der Waals surface area contributed by atoms with Crippen molar-refractivity contribution in [3.63, 3.8) is 0 Å². The predicted octanol–water partition coefficient (Wildman–Crippen LogP) is 0.647. The maximum atomic E-state index is 12.0. The van der Waals surface area contributed by atoms with Crippen LogP contribution in [0.2, 0.25) is 5.02 Å². The molecule has 1 fully saturated rings. The summed E-state index contributed by atoms with van der Waals surface area (Å²) in [6.45, 7) is 0.859. The third kappa shape index (κ3) is 3.72. The first-order chi connectivity index (χ1) is 10.2. The summed E-state index contributed by atoms with van der Waals surface area (Å²) in [6, 6.07) is 5.01. The van der Waals surface area contributed by atoms with Crippen LogP contribution in [-0.4, -0.2) is 38.8 Å². The molecule has 3 rings (SSSR count). The highest BCUT2D eigenvalue weighted by Gasteiger charge is 2.23. The van der Waals surface area contributed by atoms with E-state index in [4.69, 9.17) is 16.4 Å². The average Bonchev–Trinajstić information content (AvgIpc) is 3.17. The van der Waals surface area contributed by atoms with Gasteiger partial charge in [0.1, 0.15) is 12.4 Å². The largest absolute Gasteiger partial charge is 0.351 e. The van der Waals surface area contributed by atoms with Gasteiger partial charge >= 0.3 is 0 Å². The zero-order valence-corrected chi connectivity index (χ0v) is 13.0. The highest BCUT2D eigenvalue weighted by Crippen LogP contribution is 2.19. The van der Waals surface area contributed by atoms with Crippen LogP contribution in [-0.2, 0) is 16.2 Å². The van der Waals surface area contributed by atoms with Crippen LogP contribution in [0.3, 0.4) is 0 Å². The molecule has 1 amide bonds. The van der Waals surface area contributed by atoms with Crippen molar-refractivity contribution in [2.45, 2.75) is 19.0 Å². The van der Waals surface area contributed by atoms with Crippen molar-refractivity contribution in [3.8, 4) is 5.69 Å². The summed E-state index contributed by atoms with van der Waals surface area (Å²) in [6.07, 6.45) is 2.14. The number of benzene rings is 1. The molecule has 0 unspecified atom stereocenters. The number of amides is 1. The van der Waals surface area contributed by atoms with Gasteiger partial charge in [-0.2, -0.15) is 5.48 Å². The van der Waals surface area contributed by atoms with Gasteiger partial charge in [0.15, 0.2) is 0 Å². The third-order valence-electron chi connectivity index (χ3n) is 3.14. The fourth-order valence-corrected chi connectivity index (χ4v) is 2.27. The summed E-state index contributed by atoms with van der Waals surface area (Å²) >= 11 is 6.01. The van der Waals surface area contributed by atoms with Crippen molar-refractivity contribution >= 4 is 29.9 Å². The van der Waals surface area contributed by atoms with Crippen molar-refractivity contribution < 1.29 is 9.63 Å². The van der Waals surface area contributed by atoms with Gasteiger partial charge in [0.05, 0.1) is 12.3 Å². The molecule has 10 heteroatoms. The zero-order chi connectivity index (χ0) is 14.7. The zero-order valence-electron chi connectivity index (χ0n) is 11.4. The Hall–Kier alpha value is -1.74. The molecule has 22 heavy (non-hydrogen) atoms. The summed E-state index contributed by atoms with van der Waals surface area (Å²) in [4.78, 5) is 16.9. The Kier molecular flexibility index (Phi) is 5.67. The number of aromatic nitrogens is 4. The van der Waals surface area contributed by atoms with Crippen LogP contribution in [0.15, 0.2) is 24.5 Å². The number of nitrogens with zero attached hydrogens (tertiary/aromatic N) is 4. The summed E-state index contributed by atoms with van der Waals surface area (Å²) in [7, 11) is 0. The second kappa shape index (κ2) is 7.50. The number of hydrogen-bond donors (Lipinski definition) is 2. The van der Waals surface area contributed by atoms with Crippen LogP contribution in [0.5, 0.6) is 0 Å². The molecule has 1 aromatic heterocycles. The number of carbonyl (C=O) groups is 1. The number of hydrogen-bond acceptors (Lipinski definition) is 6. The molecular weight excluding hydrogens is 331 g/mol. The molecule has 1 aliphatic rings. The molecule has 2 aromatic rings. The molecule has 118 valence electrons. The van der Waals surface area contributed by atoms with E-state index in [-0.39, 0.29) is 24.4 Å². The van der Waals surface area contributed by atoms with E-state index in [0.29, 0.717) is 24.6 Å². The SMILES string of the molecule is Cl.O=C(NCc1cc(Cl)ccc1-n1cnnn1)[C@@H]1CCON1. The smallest absolute Gasteiger partial charge is 0.239 e. The number of tetrazole rings is 1. The summed E-state index contributed by atoms with van der Waals surface area (Å²) in [5.41, 5.74) is 4.26. The Balaban J connectivity index is 0.00000176. The molecule has 1 aromatic carbocycles. The second-order valence-electron chi connectivity index (χ2n) is 4.55.